The molecule has 0 aromatic rings. The first-order chi connectivity index (χ1) is 5.68. The molecule has 0 atom stereocenters. The summed E-state index contributed by atoms with van der Waals surface area (Å²) in [6, 6.07) is 0. The van der Waals surface area contributed by atoms with E-state index < -0.39 is 11.9 Å². The van der Waals surface area contributed by atoms with Crippen molar-refractivity contribution in [3.63, 3.8) is 0 Å². The van der Waals surface area contributed by atoms with Gasteiger partial charge in [-0.2, -0.15) is 0 Å². The van der Waals surface area contributed by atoms with E-state index >= 15 is 0 Å². The zero-order valence-corrected chi connectivity index (χ0v) is 8.46. The second kappa shape index (κ2) is 6.42. The molecule has 3 N–H and O–H groups in total. The third-order valence-electron chi connectivity index (χ3n) is 0.450. The smallest absolute Gasteiger partial charge is 0.417 e. The minimum atomic E-state index is -1.55. The van der Waals surface area contributed by atoms with E-state index in [9.17, 15) is 9.59 Å². The Kier molecular flexibility index (Phi) is 7.12. The van der Waals surface area contributed by atoms with Gasteiger partial charge in [-0.3, -0.25) is 0 Å². The van der Waals surface area contributed by atoms with Gasteiger partial charge in [-0.25, -0.2) is 9.59 Å². The van der Waals surface area contributed by atoms with Gasteiger partial charge in [0, 0.05) is 5.54 Å². The molecule has 78 valence electrons. The van der Waals surface area contributed by atoms with Gasteiger partial charge in [0.2, 0.25) is 0 Å². The summed E-state index contributed by atoms with van der Waals surface area (Å²) in [7, 11) is 0. The molecule has 0 aliphatic heterocycles. The Balaban J connectivity index is 0. The van der Waals surface area contributed by atoms with Crippen molar-refractivity contribution in [2.24, 2.45) is 5.73 Å². The summed E-state index contributed by atoms with van der Waals surface area (Å²) in [5, 5.41) is 7.84. The Labute approximate surface area is 77.9 Å². The van der Waals surface area contributed by atoms with Crippen LogP contribution in [0.15, 0.2) is 0 Å². The van der Waals surface area contributed by atoms with Gasteiger partial charge < -0.3 is 15.6 Å². The number of carbonyl (C=O) groups excluding carboxylic acids is 1. The van der Waals surface area contributed by atoms with Crippen LogP contribution in [0, 0.1) is 0 Å². The van der Waals surface area contributed by atoms with Crippen LogP contribution >= 0.6 is 0 Å². The minimum absolute atomic E-state index is 0. The molecule has 0 bridgehead atoms. The highest BCUT2D eigenvalue weighted by Crippen LogP contribution is 1.88. The van der Waals surface area contributed by atoms with E-state index in [-0.39, 0.29) is 12.1 Å². The SMILES string of the molecule is CC(C)(C)N.CCOC(=O)C(=O)O. The molecule has 5 nitrogen and oxygen atoms in total. The molecule has 0 aliphatic carbocycles. The highest BCUT2D eigenvalue weighted by molar-refractivity contribution is 6.28. The van der Waals surface area contributed by atoms with Crippen molar-refractivity contribution in [1.29, 1.82) is 0 Å². The molecular weight excluding hydrogens is 174 g/mol. The lowest BCUT2D eigenvalue weighted by molar-refractivity contribution is -0.163. The summed E-state index contributed by atoms with van der Waals surface area (Å²) < 4.78 is 4.06. The maximum atomic E-state index is 9.92. The average molecular weight is 191 g/mol. The number of carbonyl (C=O) groups is 2. The Morgan fingerprint density at radius 1 is 1.38 bits per heavy atom. The van der Waals surface area contributed by atoms with Crippen molar-refractivity contribution in [1.82, 2.24) is 0 Å². The van der Waals surface area contributed by atoms with E-state index in [2.05, 4.69) is 4.74 Å². The quantitative estimate of drug-likeness (QED) is 0.462. The zero-order chi connectivity index (χ0) is 11.1. The Bertz CT molecular complexity index is 165. The van der Waals surface area contributed by atoms with Crippen molar-refractivity contribution in [2.75, 3.05) is 6.61 Å². The summed E-state index contributed by atoms with van der Waals surface area (Å²) in [6.07, 6.45) is 0. The van der Waals surface area contributed by atoms with Crippen LogP contribution in [0.25, 0.3) is 0 Å². The van der Waals surface area contributed by atoms with Crippen LogP contribution in [-0.4, -0.2) is 29.2 Å². The number of hydrogen-bond donors (Lipinski definition) is 2. The first-order valence-corrected chi connectivity index (χ1v) is 3.87. The van der Waals surface area contributed by atoms with Gasteiger partial charge in [0.05, 0.1) is 6.61 Å². The number of esters is 1. The Morgan fingerprint density at radius 3 is 1.77 bits per heavy atom. The number of carboxylic acids is 1. The number of hydrogen-bond acceptors (Lipinski definition) is 4. The lowest BCUT2D eigenvalue weighted by Gasteiger charge is -2.06. The molecule has 0 aromatic carbocycles. The highest BCUT2D eigenvalue weighted by atomic mass is 16.6. The van der Waals surface area contributed by atoms with Gasteiger partial charge in [0.1, 0.15) is 0 Å². The maximum absolute atomic E-state index is 9.92. The third kappa shape index (κ3) is 24.8. The second-order valence-corrected chi connectivity index (χ2v) is 3.39. The zero-order valence-electron chi connectivity index (χ0n) is 8.46. The molecule has 0 aromatic heterocycles. The Hall–Kier alpha value is -1.10. The van der Waals surface area contributed by atoms with Crippen molar-refractivity contribution in [3.8, 4) is 0 Å². The van der Waals surface area contributed by atoms with Gasteiger partial charge in [-0.1, -0.05) is 0 Å². The van der Waals surface area contributed by atoms with E-state index in [0.717, 1.165) is 0 Å². The van der Waals surface area contributed by atoms with Crippen molar-refractivity contribution in [3.05, 3.63) is 0 Å². The van der Waals surface area contributed by atoms with Crippen LogP contribution in [0.3, 0.4) is 0 Å². The number of rotatable bonds is 1. The van der Waals surface area contributed by atoms with E-state index in [4.69, 9.17) is 10.8 Å². The summed E-state index contributed by atoms with van der Waals surface area (Å²) in [5.41, 5.74) is 5.35. The molecule has 0 fully saturated rings. The molecule has 0 spiro atoms. The molecule has 5 heteroatoms. The molecule has 13 heavy (non-hydrogen) atoms. The van der Waals surface area contributed by atoms with Gasteiger partial charge in [-0.05, 0) is 27.7 Å². The fourth-order valence-electron chi connectivity index (χ4n) is 0.193. The predicted octanol–water partition coefficient (Wildman–Crippen LogP) is 0.378. The number of ether oxygens (including phenoxy) is 1. The van der Waals surface area contributed by atoms with Crippen molar-refractivity contribution >= 4 is 11.9 Å². The molecule has 0 heterocycles. The van der Waals surface area contributed by atoms with Crippen LogP contribution in [0.2, 0.25) is 0 Å². The third-order valence-corrected chi connectivity index (χ3v) is 0.450. The van der Waals surface area contributed by atoms with Gasteiger partial charge in [0.15, 0.2) is 0 Å². The highest BCUT2D eigenvalue weighted by Gasteiger charge is 2.09. The number of carboxylic acid groups (broad SMARTS) is 1. The summed E-state index contributed by atoms with van der Waals surface area (Å²) in [4.78, 5) is 19.5. The minimum Gasteiger partial charge on any atom is -0.473 e. The topological polar surface area (TPSA) is 89.6 Å². The first-order valence-electron chi connectivity index (χ1n) is 3.87. The van der Waals surface area contributed by atoms with Crippen molar-refractivity contribution < 1.29 is 19.4 Å². The molecule has 0 radical (unpaired) electrons. The van der Waals surface area contributed by atoms with E-state index in [0.29, 0.717) is 0 Å². The maximum Gasteiger partial charge on any atom is 0.417 e. The van der Waals surface area contributed by atoms with Gasteiger partial charge >= 0.3 is 11.9 Å². The van der Waals surface area contributed by atoms with E-state index in [1.165, 1.54) is 0 Å². The predicted molar refractivity (Wildman–Crippen MR) is 48.2 cm³/mol. The molecule has 0 saturated carbocycles. The van der Waals surface area contributed by atoms with Crippen LogP contribution in [0.4, 0.5) is 0 Å². The van der Waals surface area contributed by atoms with Crippen LogP contribution in [-0.2, 0) is 14.3 Å². The monoisotopic (exact) mass is 191 g/mol. The standard InChI is InChI=1S/C4H11N.C4H6O4/c1-4(2,3)5;1-2-8-4(7)3(5)6/h5H2,1-3H3;2H2,1H3,(H,5,6). The van der Waals surface area contributed by atoms with E-state index in [1.54, 1.807) is 6.92 Å². The van der Waals surface area contributed by atoms with Crippen LogP contribution in [0.1, 0.15) is 27.7 Å². The second-order valence-electron chi connectivity index (χ2n) is 3.39. The number of nitrogens with two attached hydrogens (primary N) is 1. The molecular formula is C8H17NO4. The average Bonchev–Trinajstić information content (AvgIpc) is 1.84. The normalized spacial score (nSPS) is 9.62. The van der Waals surface area contributed by atoms with E-state index in [1.807, 2.05) is 20.8 Å². The molecule has 0 rings (SSSR count). The summed E-state index contributed by atoms with van der Waals surface area (Å²) in [5.74, 6) is -2.75. The van der Waals surface area contributed by atoms with Crippen LogP contribution in [0.5, 0.6) is 0 Å². The van der Waals surface area contributed by atoms with Gasteiger partial charge in [0.25, 0.3) is 0 Å². The van der Waals surface area contributed by atoms with Gasteiger partial charge in [-0.15, -0.1) is 0 Å². The molecule has 0 amide bonds. The largest absolute Gasteiger partial charge is 0.473 e. The number of aliphatic carboxylic acids is 1. The molecule has 0 unspecified atom stereocenters. The lowest BCUT2D eigenvalue weighted by Crippen LogP contribution is -2.26. The molecule has 0 saturated heterocycles. The fourth-order valence-corrected chi connectivity index (χ4v) is 0.193. The molecule has 0 aliphatic rings. The van der Waals surface area contributed by atoms with Crippen molar-refractivity contribution in [2.45, 2.75) is 33.2 Å². The summed E-state index contributed by atoms with van der Waals surface area (Å²) in [6.45, 7) is 7.54. The Morgan fingerprint density at radius 2 is 1.69 bits per heavy atom. The fraction of sp³-hybridized carbons (Fsp3) is 0.750. The van der Waals surface area contributed by atoms with Crippen LogP contribution < -0.4 is 5.73 Å². The lowest BCUT2D eigenvalue weighted by atomic mass is 10.1. The first kappa shape index (κ1) is 14.4. The summed E-state index contributed by atoms with van der Waals surface area (Å²) >= 11 is 0.